The molecule has 0 bridgehead atoms. The molecular formula is C17H17BrN2O3S. The van der Waals surface area contributed by atoms with E-state index in [2.05, 4.69) is 32.6 Å². The average molecular weight is 409 g/mol. The van der Waals surface area contributed by atoms with Gasteiger partial charge in [0.05, 0.1) is 7.11 Å². The number of halogens is 1. The number of benzene rings is 2. The number of rotatable bonds is 5. The average Bonchev–Trinajstić information content (AvgIpc) is 3.03. The lowest BCUT2D eigenvalue weighted by atomic mass is 10.1. The number of hydrogen-bond acceptors (Lipinski definition) is 4. The molecule has 0 spiro atoms. The van der Waals surface area contributed by atoms with Crippen LogP contribution in [0.2, 0.25) is 0 Å². The van der Waals surface area contributed by atoms with Gasteiger partial charge in [-0.25, -0.2) is 0 Å². The Bertz CT molecular complexity index is 755. The Kier molecular flexibility index (Phi) is 5.42. The standard InChI is InChI=1S/C17H17BrN2O3S/c1-21-14-4-2-12(18)8-11(14)6-7-19-17(24)20-13-3-5-15-16(9-13)23-10-22-15/h2-5,8-9H,6-7,10H2,1H3,(H2,19,20,24). The van der Waals surface area contributed by atoms with Crippen molar-refractivity contribution in [2.75, 3.05) is 25.8 Å². The van der Waals surface area contributed by atoms with Crippen molar-refractivity contribution in [1.29, 1.82) is 0 Å². The van der Waals surface area contributed by atoms with Crippen LogP contribution < -0.4 is 24.8 Å². The molecule has 0 aliphatic carbocycles. The molecule has 24 heavy (non-hydrogen) atoms. The fourth-order valence-electron chi connectivity index (χ4n) is 2.40. The van der Waals surface area contributed by atoms with E-state index in [0.717, 1.165) is 39.4 Å². The molecule has 5 nitrogen and oxygen atoms in total. The van der Waals surface area contributed by atoms with Crippen molar-refractivity contribution in [1.82, 2.24) is 5.32 Å². The van der Waals surface area contributed by atoms with Gasteiger partial charge in [0.15, 0.2) is 16.6 Å². The number of nitrogens with one attached hydrogen (secondary N) is 2. The number of ether oxygens (including phenoxy) is 3. The molecule has 1 aliphatic rings. The quantitative estimate of drug-likeness (QED) is 0.735. The Morgan fingerprint density at radius 3 is 2.88 bits per heavy atom. The molecule has 2 aromatic carbocycles. The molecular weight excluding hydrogens is 392 g/mol. The summed E-state index contributed by atoms with van der Waals surface area (Å²) in [6.45, 7) is 0.957. The van der Waals surface area contributed by atoms with Gasteiger partial charge < -0.3 is 24.8 Å². The second-order valence-electron chi connectivity index (χ2n) is 5.16. The summed E-state index contributed by atoms with van der Waals surface area (Å²) in [5.41, 5.74) is 1.97. The predicted molar refractivity (Wildman–Crippen MR) is 101 cm³/mol. The van der Waals surface area contributed by atoms with Crippen molar-refractivity contribution in [3.05, 3.63) is 46.4 Å². The van der Waals surface area contributed by atoms with Crippen LogP contribution >= 0.6 is 28.1 Å². The highest BCUT2D eigenvalue weighted by Gasteiger charge is 2.13. The zero-order valence-corrected chi connectivity index (χ0v) is 15.5. The van der Waals surface area contributed by atoms with E-state index in [1.807, 2.05) is 30.3 Å². The van der Waals surface area contributed by atoms with Crippen LogP contribution in [0, 0.1) is 0 Å². The van der Waals surface area contributed by atoms with Crippen molar-refractivity contribution >= 4 is 38.9 Å². The lowest BCUT2D eigenvalue weighted by Gasteiger charge is -2.12. The maximum Gasteiger partial charge on any atom is 0.231 e. The van der Waals surface area contributed by atoms with Crippen molar-refractivity contribution in [2.24, 2.45) is 0 Å². The van der Waals surface area contributed by atoms with Gasteiger partial charge in [-0.3, -0.25) is 0 Å². The third-order valence-corrected chi connectivity index (χ3v) is 4.29. The van der Waals surface area contributed by atoms with Crippen LogP contribution in [0.15, 0.2) is 40.9 Å². The van der Waals surface area contributed by atoms with E-state index in [-0.39, 0.29) is 6.79 Å². The number of anilines is 1. The lowest BCUT2D eigenvalue weighted by molar-refractivity contribution is 0.174. The summed E-state index contributed by atoms with van der Waals surface area (Å²) >= 11 is 8.81. The Hall–Kier alpha value is -1.99. The largest absolute Gasteiger partial charge is 0.496 e. The van der Waals surface area contributed by atoms with Gasteiger partial charge in [-0.15, -0.1) is 0 Å². The summed E-state index contributed by atoms with van der Waals surface area (Å²) < 4.78 is 17.0. The fourth-order valence-corrected chi connectivity index (χ4v) is 3.03. The highest BCUT2D eigenvalue weighted by molar-refractivity contribution is 9.10. The molecule has 0 saturated heterocycles. The van der Waals surface area contributed by atoms with Crippen LogP contribution in [0.25, 0.3) is 0 Å². The van der Waals surface area contributed by atoms with E-state index in [9.17, 15) is 0 Å². The number of thiocarbonyl (C=S) groups is 1. The molecule has 2 N–H and O–H groups in total. The maximum atomic E-state index is 5.37. The predicted octanol–water partition coefficient (Wildman–Crippen LogP) is 3.72. The molecule has 126 valence electrons. The second-order valence-corrected chi connectivity index (χ2v) is 6.48. The summed E-state index contributed by atoms with van der Waals surface area (Å²) in [6, 6.07) is 11.6. The first-order valence-electron chi connectivity index (χ1n) is 7.42. The van der Waals surface area contributed by atoms with Crippen LogP contribution in [0.1, 0.15) is 5.56 Å². The normalized spacial score (nSPS) is 11.9. The van der Waals surface area contributed by atoms with Crippen LogP contribution in [0.5, 0.6) is 17.2 Å². The number of methoxy groups -OCH3 is 1. The summed E-state index contributed by atoms with van der Waals surface area (Å²) in [4.78, 5) is 0. The minimum atomic E-state index is 0.260. The van der Waals surface area contributed by atoms with E-state index in [0.29, 0.717) is 11.7 Å². The zero-order valence-electron chi connectivity index (χ0n) is 13.1. The fraction of sp³-hybridized carbons (Fsp3) is 0.235. The molecule has 1 aliphatic heterocycles. The van der Waals surface area contributed by atoms with Crippen molar-refractivity contribution < 1.29 is 14.2 Å². The van der Waals surface area contributed by atoms with Gasteiger partial charge in [0.1, 0.15) is 5.75 Å². The first-order valence-corrected chi connectivity index (χ1v) is 8.63. The molecule has 1 heterocycles. The molecule has 7 heteroatoms. The van der Waals surface area contributed by atoms with Gasteiger partial charge in [0, 0.05) is 22.8 Å². The van der Waals surface area contributed by atoms with E-state index >= 15 is 0 Å². The number of fused-ring (bicyclic) bond motifs is 1. The molecule has 0 amide bonds. The SMILES string of the molecule is COc1ccc(Br)cc1CCNC(=S)Nc1ccc2c(c1)OCO2. The third kappa shape index (κ3) is 4.10. The van der Waals surface area contributed by atoms with Gasteiger partial charge >= 0.3 is 0 Å². The highest BCUT2D eigenvalue weighted by atomic mass is 79.9. The molecule has 0 radical (unpaired) electrons. The molecule has 0 unspecified atom stereocenters. The van der Waals surface area contributed by atoms with Gasteiger partial charge in [-0.1, -0.05) is 15.9 Å². The zero-order chi connectivity index (χ0) is 16.9. The van der Waals surface area contributed by atoms with Gasteiger partial charge in [-0.05, 0) is 54.5 Å². The molecule has 2 aromatic rings. The Morgan fingerprint density at radius 2 is 2.04 bits per heavy atom. The van der Waals surface area contributed by atoms with Gasteiger partial charge in [-0.2, -0.15) is 0 Å². The smallest absolute Gasteiger partial charge is 0.231 e. The number of hydrogen-bond donors (Lipinski definition) is 2. The first kappa shape index (κ1) is 16.9. The van der Waals surface area contributed by atoms with E-state index in [1.165, 1.54) is 0 Å². The molecule has 0 atom stereocenters. The van der Waals surface area contributed by atoms with Crippen LogP contribution in [-0.4, -0.2) is 25.6 Å². The first-order chi connectivity index (χ1) is 11.7. The van der Waals surface area contributed by atoms with Crippen LogP contribution in [0.3, 0.4) is 0 Å². The molecule has 0 saturated carbocycles. The Labute approximate surface area is 154 Å². The van der Waals surface area contributed by atoms with Crippen LogP contribution in [-0.2, 0) is 6.42 Å². The molecule has 0 fully saturated rings. The highest BCUT2D eigenvalue weighted by Crippen LogP contribution is 2.34. The summed E-state index contributed by atoms with van der Waals surface area (Å²) in [5.74, 6) is 2.34. The summed E-state index contributed by atoms with van der Waals surface area (Å²) in [5, 5.41) is 6.90. The van der Waals surface area contributed by atoms with Crippen LogP contribution in [0.4, 0.5) is 5.69 Å². The Balaban J connectivity index is 1.52. The topological polar surface area (TPSA) is 51.8 Å². The van der Waals surface area contributed by atoms with Crippen molar-refractivity contribution in [3.63, 3.8) is 0 Å². The lowest BCUT2D eigenvalue weighted by Crippen LogP contribution is -2.30. The van der Waals surface area contributed by atoms with E-state index in [4.69, 9.17) is 26.4 Å². The monoisotopic (exact) mass is 408 g/mol. The van der Waals surface area contributed by atoms with E-state index in [1.54, 1.807) is 7.11 Å². The van der Waals surface area contributed by atoms with E-state index < -0.39 is 0 Å². The minimum Gasteiger partial charge on any atom is -0.496 e. The third-order valence-electron chi connectivity index (χ3n) is 3.55. The summed E-state index contributed by atoms with van der Waals surface area (Å²) in [6.07, 6.45) is 0.797. The Morgan fingerprint density at radius 1 is 1.21 bits per heavy atom. The second kappa shape index (κ2) is 7.72. The minimum absolute atomic E-state index is 0.260. The maximum absolute atomic E-state index is 5.37. The molecule has 0 aromatic heterocycles. The molecule has 3 rings (SSSR count). The van der Waals surface area contributed by atoms with Gasteiger partial charge in [0.25, 0.3) is 0 Å². The van der Waals surface area contributed by atoms with Crippen molar-refractivity contribution in [3.8, 4) is 17.2 Å². The van der Waals surface area contributed by atoms with Crippen molar-refractivity contribution in [2.45, 2.75) is 6.42 Å². The van der Waals surface area contributed by atoms with Gasteiger partial charge in [0.2, 0.25) is 6.79 Å². The summed E-state index contributed by atoms with van der Waals surface area (Å²) in [7, 11) is 1.67.